The molecule has 0 radical (unpaired) electrons. The second kappa shape index (κ2) is 5.56. The molecule has 20 heavy (non-hydrogen) atoms. The molecule has 0 spiro atoms. The Kier molecular flexibility index (Phi) is 3.84. The highest BCUT2D eigenvalue weighted by atomic mass is 19.1. The number of amides is 1. The van der Waals surface area contributed by atoms with Gasteiger partial charge < -0.3 is 14.9 Å². The second-order valence-electron chi connectivity index (χ2n) is 4.17. The largest absolute Gasteiger partial charge is 0.457 e. The van der Waals surface area contributed by atoms with Gasteiger partial charge in [-0.3, -0.25) is 4.79 Å². The summed E-state index contributed by atoms with van der Waals surface area (Å²) in [5.41, 5.74) is 6.08. The van der Waals surface area contributed by atoms with Crippen molar-refractivity contribution in [2.45, 2.75) is 13.0 Å². The van der Waals surface area contributed by atoms with E-state index in [1.54, 1.807) is 13.0 Å². The van der Waals surface area contributed by atoms with Crippen molar-refractivity contribution < 1.29 is 23.1 Å². The van der Waals surface area contributed by atoms with Gasteiger partial charge in [-0.05, 0) is 25.1 Å². The van der Waals surface area contributed by atoms with E-state index in [-0.39, 0.29) is 11.3 Å². The minimum Gasteiger partial charge on any atom is -0.457 e. The van der Waals surface area contributed by atoms with Crippen LogP contribution in [0.4, 0.5) is 4.39 Å². The minimum absolute atomic E-state index is 0.00152. The number of halogens is 1. The van der Waals surface area contributed by atoms with E-state index < -0.39 is 23.8 Å². The van der Waals surface area contributed by atoms with Gasteiger partial charge in [0, 0.05) is 11.1 Å². The molecule has 0 saturated carbocycles. The van der Waals surface area contributed by atoms with Crippen LogP contribution in [0.25, 0.3) is 0 Å². The summed E-state index contributed by atoms with van der Waals surface area (Å²) in [6, 6.07) is 6.54. The first kappa shape index (κ1) is 13.8. The van der Waals surface area contributed by atoms with Gasteiger partial charge in [-0.2, -0.15) is 0 Å². The zero-order valence-electron chi connectivity index (χ0n) is 10.6. The van der Waals surface area contributed by atoms with Gasteiger partial charge >= 0.3 is 5.97 Å². The van der Waals surface area contributed by atoms with E-state index in [1.807, 2.05) is 0 Å². The van der Waals surface area contributed by atoms with Gasteiger partial charge in [-0.1, -0.05) is 12.1 Å². The van der Waals surface area contributed by atoms with Crippen molar-refractivity contribution in [3.63, 3.8) is 0 Å². The van der Waals surface area contributed by atoms with Crippen molar-refractivity contribution in [1.29, 1.82) is 0 Å². The molecule has 0 bridgehead atoms. The third-order valence-electron chi connectivity index (χ3n) is 2.70. The van der Waals surface area contributed by atoms with Crippen LogP contribution in [0, 0.1) is 12.7 Å². The molecule has 1 aromatic heterocycles. The van der Waals surface area contributed by atoms with Gasteiger partial charge in [0.15, 0.2) is 0 Å². The number of rotatable bonds is 4. The standard InChI is InChI=1S/C14H12FNO4/c1-8-6-7-19-11(8)14(18)20-12(13(16)17)9-2-4-10(15)5-3-9/h2-7,12H,1H3,(H2,16,17). The number of benzene rings is 1. The number of carbonyl (C=O) groups excluding carboxylic acids is 2. The summed E-state index contributed by atoms with van der Waals surface area (Å²) in [5.74, 6) is -2.13. The Morgan fingerprint density at radius 3 is 2.40 bits per heavy atom. The Morgan fingerprint density at radius 1 is 1.25 bits per heavy atom. The van der Waals surface area contributed by atoms with Crippen LogP contribution < -0.4 is 5.73 Å². The molecular weight excluding hydrogens is 265 g/mol. The molecule has 2 rings (SSSR count). The number of hydrogen-bond donors (Lipinski definition) is 1. The number of esters is 1. The van der Waals surface area contributed by atoms with Gasteiger partial charge in [-0.25, -0.2) is 9.18 Å². The van der Waals surface area contributed by atoms with Gasteiger partial charge in [0.2, 0.25) is 11.9 Å². The highest BCUT2D eigenvalue weighted by molar-refractivity contribution is 5.91. The summed E-state index contributed by atoms with van der Waals surface area (Å²) in [4.78, 5) is 23.3. The summed E-state index contributed by atoms with van der Waals surface area (Å²) in [6.07, 6.45) is 0.0379. The van der Waals surface area contributed by atoms with E-state index >= 15 is 0 Å². The molecule has 104 valence electrons. The first-order valence-electron chi connectivity index (χ1n) is 5.79. The molecule has 1 amide bonds. The molecular formula is C14H12FNO4. The van der Waals surface area contributed by atoms with Crippen LogP contribution in [0.2, 0.25) is 0 Å². The Morgan fingerprint density at radius 2 is 1.90 bits per heavy atom. The summed E-state index contributed by atoms with van der Waals surface area (Å²) < 4.78 is 22.9. The van der Waals surface area contributed by atoms with Crippen LogP contribution in [0.15, 0.2) is 41.0 Å². The SMILES string of the molecule is Cc1ccoc1C(=O)OC(C(N)=O)c1ccc(F)cc1. The number of hydrogen-bond acceptors (Lipinski definition) is 4. The maximum Gasteiger partial charge on any atom is 0.375 e. The zero-order valence-corrected chi connectivity index (χ0v) is 10.6. The van der Waals surface area contributed by atoms with Crippen LogP contribution in [0.3, 0.4) is 0 Å². The predicted octanol–water partition coefficient (Wildman–Crippen LogP) is 2.11. The lowest BCUT2D eigenvalue weighted by Crippen LogP contribution is -2.26. The van der Waals surface area contributed by atoms with Crippen LogP contribution in [-0.2, 0) is 9.53 Å². The highest BCUT2D eigenvalue weighted by Crippen LogP contribution is 2.21. The first-order valence-corrected chi connectivity index (χ1v) is 5.79. The van der Waals surface area contributed by atoms with Crippen LogP contribution in [-0.4, -0.2) is 11.9 Å². The fourth-order valence-corrected chi connectivity index (χ4v) is 1.67. The highest BCUT2D eigenvalue weighted by Gasteiger charge is 2.25. The molecule has 1 aromatic carbocycles. The Balaban J connectivity index is 2.22. The maximum absolute atomic E-state index is 12.9. The van der Waals surface area contributed by atoms with E-state index in [0.29, 0.717) is 5.56 Å². The number of nitrogens with two attached hydrogens (primary N) is 1. The summed E-state index contributed by atoms with van der Waals surface area (Å²) >= 11 is 0. The second-order valence-corrected chi connectivity index (χ2v) is 4.17. The molecule has 2 aromatic rings. The van der Waals surface area contributed by atoms with E-state index in [9.17, 15) is 14.0 Å². The van der Waals surface area contributed by atoms with Gasteiger partial charge in [0.25, 0.3) is 5.91 Å². The average Bonchev–Trinajstić information content (AvgIpc) is 2.83. The number of aryl methyl sites for hydroxylation is 1. The van der Waals surface area contributed by atoms with Crippen molar-refractivity contribution in [1.82, 2.24) is 0 Å². The van der Waals surface area contributed by atoms with Crippen LogP contribution >= 0.6 is 0 Å². The smallest absolute Gasteiger partial charge is 0.375 e. The van der Waals surface area contributed by atoms with E-state index in [1.165, 1.54) is 18.4 Å². The Bertz CT molecular complexity index is 633. The van der Waals surface area contributed by atoms with Gasteiger partial charge in [0.1, 0.15) is 5.82 Å². The Labute approximate surface area is 114 Å². The third kappa shape index (κ3) is 2.85. The zero-order chi connectivity index (χ0) is 14.7. The maximum atomic E-state index is 12.9. The van der Waals surface area contributed by atoms with Gasteiger partial charge in [0.05, 0.1) is 6.26 Å². The molecule has 1 atom stereocenters. The summed E-state index contributed by atoms with van der Waals surface area (Å²) in [6.45, 7) is 1.66. The quantitative estimate of drug-likeness (QED) is 0.868. The lowest BCUT2D eigenvalue weighted by molar-refractivity contribution is -0.127. The average molecular weight is 277 g/mol. The van der Waals surface area contributed by atoms with Crippen LogP contribution in [0.1, 0.15) is 27.8 Å². The molecule has 0 aliphatic rings. The van der Waals surface area contributed by atoms with E-state index in [2.05, 4.69) is 0 Å². The van der Waals surface area contributed by atoms with Crippen molar-refractivity contribution in [2.24, 2.45) is 5.73 Å². The van der Waals surface area contributed by atoms with Crippen molar-refractivity contribution in [3.8, 4) is 0 Å². The molecule has 1 heterocycles. The number of furan rings is 1. The fraction of sp³-hybridized carbons (Fsp3) is 0.143. The van der Waals surface area contributed by atoms with Crippen LogP contribution in [0.5, 0.6) is 0 Å². The van der Waals surface area contributed by atoms with E-state index in [4.69, 9.17) is 14.9 Å². The molecule has 0 aliphatic carbocycles. The monoisotopic (exact) mass is 277 g/mol. The summed E-state index contributed by atoms with van der Waals surface area (Å²) in [7, 11) is 0. The van der Waals surface area contributed by atoms with Crippen molar-refractivity contribution >= 4 is 11.9 Å². The predicted molar refractivity (Wildman–Crippen MR) is 67.2 cm³/mol. The molecule has 0 fully saturated rings. The van der Waals surface area contributed by atoms with Crippen molar-refractivity contribution in [3.05, 3.63) is 59.3 Å². The van der Waals surface area contributed by atoms with Crippen molar-refractivity contribution in [2.75, 3.05) is 0 Å². The lowest BCUT2D eigenvalue weighted by atomic mass is 10.1. The topological polar surface area (TPSA) is 82.5 Å². The summed E-state index contributed by atoms with van der Waals surface area (Å²) in [5, 5.41) is 0. The first-order chi connectivity index (χ1) is 9.49. The molecule has 5 nitrogen and oxygen atoms in total. The number of carbonyl (C=O) groups is 2. The normalized spacial score (nSPS) is 11.9. The lowest BCUT2D eigenvalue weighted by Gasteiger charge is -2.14. The van der Waals surface area contributed by atoms with E-state index in [0.717, 1.165) is 12.1 Å². The molecule has 2 N–H and O–H groups in total. The molecule has 1 unspecified atom stereocenters. The Hall–Kier alpha value is -2.63. The number of primary amides is 1. The molecule has 6 heteroatoms. The minimum atomic E-state index is -1.30. The fourth-order valence-electron chi connectivity index (χ4n) is 1.67. The van der Waals surface area contributed by atoms with Gasteiger partial charge in [-0.15, -0.1) is 0 Å². The third-order valence-corrected chi connectivity index (χ3v) is 2.70. The molecule has 0 aliphatic heterocycles. The molecule has 0 saturated heterocycles. The number of ether oxygens (including phenoxy) is 1.